The number of halogens is 3. The van der Waals surface area contributed by atoms with Gasteiger partial charge in [0.25, 0.3) is 5.56 Å². The molecular weight excluding hydrogens is 543 g/mol. The summed E-state index contributed by atoms with van der Waals surface area (Å²) in [5, 5.41) is 22.2. The second-order valence-corrected chi connectivity index (χ2v) is 9.58. The van der Waals surface area contributed by atoms with E-state index < -0.39 is 12.1 Å². The van der Waals surface area contributed by atoms with Crippen molar-refractivity contribution in [1.82, 2.24) is 34.7 Å². The van der Waals surface area contributed by atoms with Gasteiger partial charge in [0.05, 0.1) is 12.1 Å². The molecule has 1 fully saturated rings. The maximum atomic E-state index is 13.6. The SMILES string of the molecule is COCn1nnnc1Cn1c(=O)n(C2CCNCC2)c(=O)c2sc(-c3ccccc3)cc21.O=C(O)C(F)(F)F. The third kappa shape index (κ3) is 6.23. The first-order chi connectivity index (χ1) is 18.6. The number of thiophene rings is 1. The maximum absolute atomic E-state index is 13.6. The van der Waals surface area contributed by atoms with Gasteiger partial charge in [-0.1, -0.05) is 30.3 Å². The first-order valence-electron chi connectivity index (χ1n) is 11.7. The lowest BCUT2D eigenvalue weighted by molar-refractivity contribution is -0.192. The summed E-state index contributed by atoms with van der Waals surface area (Å²) in [6.45, 7) is 1.87. The van der Waals surface area contributed by atoms with Crippen LogP contribution >= 0.6 is 11.3 Å². The third-order valence-electron chi connectivity index (χ3n) is 5.98. The summed E-state index contributed by atoms with van der Waals surface area (Å²) in [6, 6.07) is 11.6. The van der Waals surface area contributed by atoms with Crippen molar-refractivity contribution in [1.29, 1.82) is 0 Å². The van der Waals surface area contributed by atoms with E-state index in [1.165, 1.54) is 20.6 Å². The summed E-state index contributed by atoms with van der Waals surface area (Å²) in [7, 11) is 1.55. The lowest BCUT2D eigenvalue weighted by atomic mass is 10.1. The fourth-order valence-corrected chi connectivity index (χ4v) is 5.25. The lowest BCUT2D eigenvalue weighted by Gasteiger charge is -2.24. The molecule has 1 aromatic carbocycles. The molecule has 2 N–H and O–H groups in total. The van der Waals surface area contributed by atoms with Crippen LogP contribution in [-0.2, 0) is 22.8 Å². The largest absolute Gasteiger partial charge is 0.490 e. The van der Waals surface area contributed by atoms with E-state index >= 15 is 0 Å². The average molecular weight is 568 g/mol. The number of carboxylic acid groups (broad SMARTS) is 1. The van der Waals surface area contributed by atoms with Crippen LogP contribution in [0.25, 0.3) is 20.7 Å². The Hall–Kier alpha value is -3.89. The maximum Gasteiger partial charge on any atom is 0.490 e. The number of hydrogen-bond acceptors (Lipinski definition) is 9. The number of methoxy groups -OCH3 is 1. The topological polar surface area (TPSA) is 146 Å². The number of nitrogens with one attached hydrogen (secondary N) is 1. The number of carboxylic acids is 1. The zero-order valence-corrected chi connectivity index (χ0v) is 21.4. The molecule has 4 heterocycles. The number of piperidine rings is 1. The van der Waals surface area contributed by atoms with Crippen LogP contribution in [0.5, 0.6) is 0 Å². The minimum absolute atomic E-state index is 0.135. The standard InChI is InChI=1S/C21H23N7O3S.C2HF3O2/c1-31-13-27-18(23-24-25-27)12-26-16-11-17(14-5-3-2-4-6-14)32-19(16)20(29)28(21(26)30)15-7-9-22-10-8-15;3-2(4,5)1(6)7/h2-6,11,15,22H,7-10,12-13H2,1H3;(H,6,7). The van der Waals surface area contributed by atoms with Crippen LogP contribution in [0, 0.1) is 0 Å². The molecule has 4 aromatic rings. The molecule has 0 spiro atoms. The average Bonchev–Trinajstić information content (AvgIpc) is 3.55. The number of nitrogens with zero attached hydrogens (tertiary/aromatic N) is 6. The van der Waals surface area contributed by atoms with Crippen molar-refractivity contribution in [2.24, 2.45) is 0 Å². The van der Waals surface area contributed by atoms with Gasteiger partial charge in [-0.3, -0.25) is 13.9 Å². The van der Waals surface area contributed by atoms with Crippen LogP contribution in [-0.4, -0.2) is 66.8 Å². The number of tetrazole rings is 1. The zero-order chi connectivity index (χ0) is 28.2. The van der Waals surface area contributed by atoms with E-state index in [-0.39, 0.29) is 30.6 Å². The van der Waals surface area contributed by atoms with Gasteiger partial charge in [0.15, 0.2) is 5.82 Å². The second kappa shape index (κ2) is 11.9. The fourth-order valence-electron chi connectivity index (χ4n) is 4.15. The number of aromatic nitrogens is 6. The highest BCUT2D eigenvalue weighted by Gasteiger charge is 2.38. The van der Waals surface area contributed by atoms with E-state index in [1.807, 2.05) is 36.4 Å². The molecule has 208 valence electrons. The molecule has 0 amide bonds. The van der Waals surface area contributed by atoms with Gasteiger partial charge >= 0.3 is 17.8 Å². The number of alkyl halides is 3. The van der Waals surface area contributed by atoms with Crippen LogP contribution in [0.1, 0.15) is 24.7 Å². The highest BCUT2D eigenvalue weighted by molar-refractivity contribution is 7.22. The summed E-state index contributed by atoms with van der Waals surface area (Å²) < 4.78 is 42.0. The van der Waals surface area contributed by atoms with Crippen LogP contribution in [0.2, 0.25) is 0 Å². The van der Waals surface area contributed by atoms with E-state index in [0.717, 1.165) is 36.4 Å². The number of rotatable bonds is 6. The Bertz CT molecular complexity index is 1560. The Kier molecular flexibility index (Phi) is 8.57. The summed E-state index contributed by atoms with van der Waals surface area (Å²) in [5.41, 5.74) is 1.04. The molecule has 16 heteroatoms. The van der Waals surface area contributed by atoms with Gasteiger partial charge in [-0.25, -0.2) is 14.3 Å². The van der Waals surface area contributed by atoms with Crippen molar-refractivity contribution in [3.05, 3.63) is 63.1 Å². The minimum Gasteiger partial charge on any atom is -0.475 e. The molecule has 12 nitrogen and oxygen atoms in total. The predicted molar refractivity (Wildman–Crippen MR) is 135 cm³/mol. The van der Waals surface area contributed by atoms with E-state index in [1.54, 1.807) is 11.7 Å². The number of benzene rings is 1. The van der Waals surface area contributed by atoms with Gasteiger partial charge in [0, 0.05) is 18.0 Å². The normalized spacial score (nSPS) is 14.3. The third-order valence-corrected chi connectivity index (χ3v) is 7.15. The highest BCUT2D eigenvalue weighted by Crippen LogP contribution is 2.32. The molecule has 0 saturated carbocycles. The van der Waals surface area contributed by atoms with E-state index in [4.69, 9.17) is 14.6 Å². The molecule has 0 radical (unpaired) electrons. The van der Waals surface area contributed by atoms with Crippen LogP contribution in [0.15, 0.2) is 46.0 Å². The molecule has 5 rings (SSSR count). The predicted octanol–water partition coefficient (Wildman–Crippen LogP) is 2.09. The quantitative estimate of drug-likeness (QED) is 0.358. The Balaban J connectivity index is 0.000000448. The molecule has 0 atom stereocenters. The molecule has 3 aromatic heterocycles. The number of ether oxygens (including phenoxy) is 1. The summed E-state index contributed by atoms with van der Waals surface area (Å²) >= 11 is 1.41. The fraction of sp³-hybridized carbons (Fsp3) is 0.391. The Morgan fingerprint density at radius 2 is 1.87 bits per heavy atom. The number of fused-ring (bicyclic) bond motifs is 1. The van der Waals surface area contributed by atoms with Crippen molar-refractivity contribution < 1.29 is 27.8 Å². The second-order valence-electron chi connectivity index (χ2n) is 8.53. The van der Waals surface area contributed by atoms with Gasteiger partial charge < -0.3 is 15.2 Å². The van der Waals surface area contributed by atoms with Crippen molar-refractivity contribution in [2.75, 3.05) is 20.2 Å². The number of aliphatic carboxylic acids is 1. The van der Waals surface area contributed by atoms with Crippen molar-refractivity contribution in [3.63, 3.8) is 0 Å². The van der Waals surface area contributed by atoms with Crippen molar-refractivity contribution in [2.45, 2.75) is 38.3 Å². The van der Waals surface area contributed by atoms with Crippen LogP contribution < -0.4 is 16.6 Å². The molecule has 0 bridgehead atoms. The first-order valence-corrected chi connectivity index (χ1v) is 12.5. The van der Waals surface area contributed by atoms with Gasteiger partial charge in [-0.2, -0.15) is 13.2 Å². The molecule has 1 aliphatic heterocycles. The first kappa shape index (κ1) is 28.1. The molecular formula is C23H24F3N7O5S. The zero-order valence-electron chi connectivity index (χ0n) is 20.6. The van der Waals surface area contributed by atoms with Gasteiger partial charge in [0.2, 0.25) is 0 Å². The number of hydrogen-bond donors (Lipinski definition) is 2. The van der Waals surface area contributed by atoms with E-state index in [2.05, 4.69) is 20.8 Å². The van der Waals surface area contributed by atoms with Crippen molar-refractivity contribution in [3.8, 4) is 10.4 Å². The monoisotopic (exact) mass is 567 g/mol. The summed E-state index contributed by atoms with van der Waals surface area (Å²) in [6.07, 6.45) is -3.61. The lowest BCUT2D eigenvalue weighted by Crippen LogP contribution is -2.45. The summed E-state index contributed by atoms with van der Waals surface area (Å²) in [5.74, 6) is -2.27. The Labute approximate surface area is 222 Å². The Morgan fingerprint density at radius 3 is 2.49 bits per heavy atom. The molecule has 1 saturated heterocycles. The van der Waals surface area contributed by atoms with E-state index in [9.17, 15) is 22.8 Å². The van der Waals surface area contributed by atoms with Gasteiger partial charge in [0.1, 0.15) is 11.4 Å². The molecule has 1 aliphatic rings. The van der Waals surface area contributed by atoms with E-state index in [0.29, 0.717) is 16.0 Å². The molecule has 0 aliphatic carbocycles. The van der Waals surface area contributed by atoms with Crippen LogP contribution in [0.3, 0.4) is 0 Å². The smallest absolute Gasteiger partial charge is 0.475 e. The summed E-state index contributed by atoms with van der Waals surface area (Å²) in [4.78, 5) is 37.0. The van der Waals surface area contributed by atoms with Crippen LogP contribution in [0.4, 0.5) is 13.2 Å². The highest BCUT2D eigenvalue weighted by atomic mass is 32.1. The van der Waals surface area contributed by atoms with Gasteiger partial charge in [-0.15, -0.1) is 16.4 Å². The number of carbonyl (C=O) groups is 1. The Morgan fingerprint density at radius 1 is 1.21 bits per heavy atom. The van der Waals surface area contributed by atoms with Crippen molar-refractivity contribution >= 4 is 27.5 Å². The van der Waals surface area contributed by atoms with Gasteiger partial charge in [-0.05, 0) is 48.0 Å². The molecule has 39 heavy (non-hydrogen) atoms. The minimum atomic E-state index is -5.08. The molecule has 0 unspecified atom stereocenters.